The van der Waals surface area contributed by atoms with Crippen LogP contribution in [0.15, 0.2) is 42.5 Å². The number of hydrogen-bond donors (Lipinski definition) is 2. The molecule has 182 valence electrons. The van der Waals surface area contributed by atoms with Gasteiger partial charge in [0.05, 0.1) is 5.92 Å². The van der Waals surface area contributed by atoms with Crippen LogP contribution in [0.3, 0.4) is 0 Å². The van der Waals surface area contributed by atoms with Crippen LogP contribution >= 0.6 is 0 Å². The van der Waals surface area contributed by atoms with E-state index in [0.29, 0.717) is 5.57 Å². The number of phenolic OH excluding ortho intramolecular Hbond substituents is 2. The molecule has 1 atom stereocenters. The highest BCUT2D eigenvalue weighted by molar-refractivity contribution is 5.78. The molecule has 0 radical (unpaired) electrons. The van der Waals surface area contributed by atoms with E-state index in [1.54, 1.807) is 0 Å². The van der Waals surface area contributed by atoms with Crippen LogP contribution in [0.4, 0.5) is 26.3 Å². The highest BCUT2D eigenvalue weighted by atomic mass is 19.2. The van der Waals surface area contributed by atoms with E-state index in [1.807, 2.05) is 0 Å². The molecule has 0 fully saturated rings. The summed E-state index contributed by atoms with van der Waals surface area (Å²) >= 11 is 0. The van der Waals surface area contributed by atoms with E-state index in [2.05, 4.69) is 0 Å². The largest absolute Gasteiger partial charge is 0.505 e. The maximum atomic E-state index is 14.6. The summed E-state index contributed by atoms with van der Waals surface area (Å²) in [6.45, 7) is 0. The molecule has 0 spiro atoms. The SMILES string of the molecule is O=C(Oc1ccc(-c2ccc(O)c(F)c2F)c(F)c1F)C1CC=C(c2ccc(O)c(F)c2F)CC1. The van der Waals surface area contributed by atoms with Crippen molar-refractivity contribution in [2.75, 3.05) is 0 Å². The topological polar surface area (TPSA) is 66.8 Å². The van der Waals surface area contributed by atoms with Gasteiger partial charge in [0.15, 0.2) is 34.7 Å². The minimum absolute atomic E-state index is 0.0519. The molecule has 0 bridgehead atoms. The number of halogens is 6. The summed E-state index contributed by atoms with van der Waals surface area (Å²) < 4.78 is 89.5. The average molecular weight is 494 g/mol. The molecule has 35 heavy (non-hydrogen) atoms. The van der Waals surface area contributed by atoms with Crippen LogP contribution in [-0.4, -0.2) is 16.2 Å². The first-order chi connectivity index (χ1) is 16.6. The average Bonchev–Trinajstić information content (AvgIpc) is 2.85. The molecule has 1 unspecified atom stereocenters. The lowest BCUT2D eigenvalue weighted by Crippen LogP contribution is -2.23. The summed E-state index contributed by atoms with van der Waals surface area (Å²) in [4.78, 5) is 12.5. The lowest BCUT2D eigenvalue weighted by molar-refractivity contribution is -0.139. The number of carbonyl (C=O) groups is 1. The summed E-state index contributed by atoms with van der Waals surface area (Å²) in [6.07, 6.45) is 1.85. The van der Waals surface area contributed by atoms with Crippen molar-refractivity contribution in [1.29, 1.82) is 0 Å². The third kappa shape index (κ3) is 4.43. The van der Waals surface area contributed by atoms with Crippen molar-refractivity contribution in [1.82, 2.24) is 0 Å². The predicted octanol–water partition coefficient (Wildman–Crippen LogP) is 6.39. The molecule has 1 aliphatic rings. The Labute approximate surface area is 194 Å². The van der Waals surface area contributed by atoms with Crippen LogP contribution in [-0.2, 0) is 4.79 Å². The van der Waals surface area contributed by atoms with Gasteiger partial charge in [-0.2, -0.15) is 13.2 Å². The third-order valence-electron chi connectivity index (χ3n) is 5.76. The van der Waals surface area contributed by atoms with Crippen molar-refractivity contribution < 1.29 is 46.1 Å². The molecule has 2 N–H and O–H groups in total. The van der Waals surface area contributed by atoms with Crippen molar-refractivity contribution in [3.8, 4) is 28.4 Å². The Hall–Kier alpha value is -3.95. The molecular formula is C25H16F6O4. The summed E-state index contributed by atoms with van der Waals surface area (Å²) in [5.41, 5.74) is -0.937. The van der Waals surface area contributed by atoms with Gasteiger partial charge in [-0.3, -0.25) is 4.79 Å². The van der Waals surface area contributed by atoms with Gasteiger partial charge in [-0.05, 0) is 61.2 Å². The smallest absolute Gasteiger partial charge is 0.314 e. The number of esters is 1. The molecule has 0 aliphatic heterocycles. The Morgan fingerprint density at radius 2 is 1.23 bits per heavy atom. The summed E-state index contributed by atoms with van der Waals surface area (Å²) in [7, 11) is 0. The fourth-order valence-electron chi connectivity index (χ4n) is 3.84. The van der Waals surface area contributed by atoms with Gasteiger partial charge in [0.25, 0.3) is 0 Å². The predicted molar refractivity (Wildman–Crippen MR) is 112 cm³/mol. The van der Waals surface area contributed by atoms with Crippen LogP contribution in [0.25, 0.3) is 16.7 Å². The molecule has 4 nitrogen and oxygen atoms in total. The van der Waals surface area contributed by atoms with E-state index in [0.717, 1.165) is 30.3 Å². The Balaban J connectivity index is 1.51. The second-order valence-corrected chi connectivity index (χ2v) is 7.88. The van der Waals surface area contributed by atoms with E-state index in [9.17, 15) is 41.4 Å². The van der Waals surface area contributed by atoms with Crippen molar-refractivity contribution in [3.05, 3.63) is 82.9 Å². The zero-order chi connectivity index (χ0) is 25.4. The van der Waals surface area contributed by atoms with Crippen LogP contribution in [0, 0.1) is 40.8 Å². The fourth-order valence-corrected chi connectivity index (χ4v) is 3.84. The van der Waals surface area contributed by atoms with Crippen LogP contribution in [0.5, 0.6) is 17.2 Å². The molecule has 1 aliphatic carbocycles. The molecule has 0 saturated carbocycles. The zero-order valence-corrected chi connectivity index (χ0v) is 17.7. The monoisotopic (exact) mass is 494 g/mol. The first kappa shape index (κ1) is 24.2. The first-order valence-electron chi connectivity index (χ1n) is 10.3. The normalized spacial score (nSPS) is 15.6. The maximum absolute atomic E-state index is 14.6. The second-order valence-electron chi connectivity index (χ2n) is 7.88. The first-order valence-corrected chi connectivity index (χ1v) is 10.3. The second kappa shape index (κ2) is 9.36. The number of aromatic hydroxyl groups is 2. The standard InChI is InChI=1S/C25H16F6O4/c26-19-13(5-8-16(32)22(19)29)11-1-3-12(4-2-11)25(34)35-18-10-7-15(21(28)24(18)31)14-6-9-17(33)23(30)20(14)27/h1,5-10,12,32-33H,2-4H2. The Kier molecular flexibility index (Phi) is 6.47. The summed E-state index contributed by atoms with van der Waals surface area (Å²) in [5, 5.41) is 18.4. The quantitative estimate of drug-likeness (QED) is 0.251. The summed E-state index contributed by atoms with van der Waals surface area (Å²) in [5.74, 6) is -13.3. The fraction of sp³-hybridized carbons (Fsp3) is 0.160. The molecule has 0 aromatic heterocycles. The number of ether oxygens (including phenoxy) is 1. The van der Waals surface area contributed by atoms with E-state index in [1.165, 1.54) is 12.1 Å². The Bertz CT molecular complexity index is 1370. The highest BCUT2D eigenvalue weighted by Crippen LogP contribution is 2.37. The van der Waals surface area contributed by atoms with E-state index in [-0.39, 0.29) is 24.8 Å². The highest BCUT2D eigenvalue weighted by Gasteiger charge is 2.28. The van der Waals surface area contributed by atoms with Crippen LogP contribution in [0.1, 0.15) is 24.8 Å². The molecule has 4 rings (SSSR count). The van der Waals surface area contributed by atoms with E-state index >= 15 is 0 Å². The number of hydrogen-bond acceptors (Lipinski definition) is 4. The molecule has 10 heteroatoms. The van der Waals surface area contributed by atoms with Gasteiger partial charge in [0, 0.05) is 16.7 Å². The van der Waals surface area contributed by atoms with Gasteiger partial charge in [-0.25, -0.2) is 13.2 Å². The number of allylic oxidation sites excluding steroid dienone is 2. The Morgan fingerprint density at radius 1 is 0.714 bits per heavy atom. The van der Waals surface area contributed by atoms with Crippen LogP contribution in [0.2, 0.25) is 0 Å². The molecule has 3 aromatic carbocycles. The third-order valence-corrected chi connectivity index (χ3v) is 5.76. The van der Waals surface area contributed by atoms with Crippen molar-refractivity contribution in [2.24, 2.45) is 5.92 Å². The molecular weight excluding hydrogens is 478 g/mol. The van der Waals surface area contributed by atoms with Crippen LogP contribution < -0.4 is 4.74 Å². The van der Waals surface area contributed by atoms with Crippen molar-refractivity contribution in [3.63, 3.8) is 0 Å². The number of rotatable bonds is 4. The maximum Gasteiger partial charge on any atom is 0.314 e. The summed E-state index contributed by atoms with van der Waals surface area (Å²) in [6, 6.07) is 5.65. The van der Waals surface area contributed by atoms with Gasteiger partial charge in [-0.1, -0.05) is 6.08 Å². The van der Waals surface area contributed by atoms with Crippen molar-refractivity contribution >= 4 is 11.5 Å². The molecule has 3 aromatic rings. The van der Waals surface area contributed by atoms with Gasteiger partial charge in [0.1, 0.15) is 0 Å². The molecule has 0 amide bonds. The Morgan fingerprint density at radius 3 is 1.80 bits per heavy atom. The lowest BCUT2D eigenvalue weighted by Gasteiger charge is -2.21. The van der Waals surface area contributed by atoms with Gasteiger partial charge in [-0.15, -0.1) is 0 Å². The number of phenols is 2. The van der Waals surface area contributed by atoms with Gasteiger partial charge in [0.2, 0.25) is 17.5 Å². The number of carbonyl (C=O) groups excluding carboxylic acids is 1. The van der Waals surface area contributed by atoms with E-state index < -0.39 is 75.2 Å². The van der Waals surface area contributed by atoms with Gasteiger partial charge < -0.3 is 14.9 Å². The lowest BCUT2D eigenvalue weighted by atomic mass is 9.86. The van der Waals surface area contributed by atoms with E-state index in [4.69, 9.17) is 4.74 Å². The molecule has 0 saturated heterocycles. The minimum atomic E-state index is -1.63. The van der Waals surface area contributed by atoms with Gasteiger partial charge >= 0.3 is 5.97 Å². The zero-order valence-electron chi connectivity index (χ0n) is 17.7. The number of benzene rings is 3. The van der Waals surface area contributed by atoms with Crippen molar-refractivity contribution in [2.45, 2.75) is 19.3 Å². The molecule has 0 heterocycles. The minimum Gasteiger partial charge on any atom is -0.505 e.